The zero-order valence-electron chi connectivity index (χ0n) is 11.5. The van der Waals surface area contributed by atoms with Crippen LogP contribution in [0.3, 0.4) is 0 Å². The van der Waals surface area contributed by atoms with Crippen molar-refractivity contribution in [3.8, 4) is 0 Å². The van der Waals surface area contributed by atoms with Crippen LogP contribution in [0.15, 0.2) is 15.5 Å². The lowest BCUT2D eigenvalue weighted by Crippen LogP contribution is -2.43. The van der Waals surface area contributed by atoms with Crippen LogP contribution in [0.5, 0.6) is 0 Å². The Hall–Kier alpha value is -0.880. The highest BCUT2D eigenvalue weighted by atomic mass is 79.9. The fourth-order valence-corrected chi connectivity index (χ4v) is 3.01. The Morgan fingerprint density at radius 3 is 2.79 bits per heavy atom. The zero-order valence-corrected chi connectivity index (χ0v) is 13.1. The zero-order chi connectivity index (χ0) is 13.8. The second-order valence-corrected chi connectivity index (χ2v) is 5.78. The number of halogens is 1. The number of anilines is 1. The van der Waals surface area contributed by atoms with Crippen molar-refractivity contribution in [3.63, 3.8) is 0 Å². The van der Waals surface area contributed by atoms with Crippen LogP contribution < -0.4 is 15.8 Å². The number of rotatable bonds is 4. The van der Waals surface area contributed by atoms with Crippen molar-refractivity contribution in [2.75, 3.05) is 24.5 Å². The second-order valence-electron chi connectivity index (χ2n) is 4.99. The molecular formula is C13H21BrN4O. The Balaban J connectivity index is 2.02. The number of aromatic nitrogens is 2. The van der Waals surface area contributed by atoms with Crippen molar-refractivity contribution >= 4 is 21.6 Å². The predicted octanol–water partition coefficient (Wildman–Crippen LogP) is 1.51. The minimum atomic E-state index is -0.0799. The molecule has 1 fully saturated rings. The summed E-state index contributed by atoms with van der Waals surface area (Å²) in [5.74, 6) is 0. The van der Waals surface area contributed by atoms with Crippen molar-refractivity contribution in [3.05, 3.63) is 21.0 Å². The van der Waals surface area contributed by atoms with Gasteiger partial charge in [-0.05, 0) is 41.7 Å². The van der Waals surface area contributed by atoms with Crippen LogP contribution in [0.4, 0.5) is 5.69 Å². The number of hydrogen-bond acceptors (Lipinski definition) is 4. The van der Waals surface area contributed by atoms with Crippen LogP contribution >= 0.6 is 15.9 Å². The van der Waals surface area contributed by atoms with E-state index in [4.69, 9.17) is 0 Å². The average molecular weight is 329 g/mol. The van der Waals surface area contributed by atoms with Crippen LogP contribution in [-0.4, -0.2) is 35.5 Å². The summed E-state index contributed by atoms with van der Waals surface area (Å²) in [4.78, 5) is 14.1. The highest BCUT2D eigenvalue weighted by Gasteiger charge is 2.21. The molecule has 1 aromatic rings. The molecule has 1 aromatic heterocycles. The van der Waals surface area contributed by atoms with Gasteiger partial charge in [-0.1, -0.05) is 6.92 Å². The van der Waals surface area contributed by atoms with Crippen LogP contribution in [0.2, 0.25) is 0 Å². The summed E-state index contributed by atoms with van der Waals surface area (Å²) in [5.41, 5.74) is 0.834. The molecule has 0 aromatic carbocycles. The molecule has 1 aliphatic rings. The molecular weight excluding hydrogens is 308 g/mol. The molecule has 0 spiro atoms. The molecule has 0 aliphatic carbocycles. The molecule has 1 saturated heterocycles. The molecule has 0 bridgehead atoms. The number of nitrogens with zero attached hydrogens (tertiary/aromatic N) is 3. The number of hydrogen-bond donors (Lipinski definition) is 1. The predicted molar refractivity (Wildman–Crippen MR) is 80.7 cm³/mol. The van der Waals surface area contributed by atoms with Crippen molar-refractivity contribution in [2.45, 2.75) is 32.2 Å². The minimum Gasteiger partial charge on any atom is -0.369 e. The molecule has 6 heteroatoms. The lowest BCUT2D eigenvalue weighted by atomic mass is 10.0. The van der Waals surface area contributed by atoms with Gasteiger partial charge in [0.05, 0.1) is 11.9 Å². The first-order chi connectivity index (χ1) is 9.13. The van der Waals surface area contributed by atoms with Gasteiger partial charge in [0, 0.05) is 26.2 Å². The molecule has 0 saturated carbocycles. The third-order valence-electron chi connectivity index (χ3n) is 3.58. The molecule has 106 valence electrons. The summed E-state index contributed by atoms with van der Waals surface area (Å²) in [7, 11) is 1.66. The summed E-state index contributed by atoms with van der Waals surface area (Å²) in [6, 6.07) is 0.606. The molecule has 5 nitrogen and oxygen atoms in total. The fraction of sp³-hybridized carbons (Fsp3) is 0.692. The highest BCUT2D eigenvalue weighted by Crippen LogP contribution is 2.24. The SMILES string of the molecule is CCCNC1CCN(c2cnn(C)c(=O)c2Br)CC1. The number of piperidine rings is 1. The third kappa shape index (κ3) is 3.36. The van der Waals surface area contributed by atoms with E-state index in [1.54, 1.807) is 13.2 Å². The monoisotopic (exact) mass is 328 g/mol. The van der Waals surface area contributed by atoms with E-state index in [1.165, 1.54) is 11.1 Å². The summed E-state index contributed by atoms with van der Waals surface area (Å²) in [5, 5.41) is 7.66. The molecule has 19 heavy (non-hydrogen) atoms. The summed E-state index contributed by atoms with van der Waals surface area (Å²) < 4.78 is 1.97. The maximum Gasteiger partial charge on any atom is 0.282 e. The Labute approximate surface area is 122 Å². The van der Waals surface area contributed by atoms with Crippen LogP contribution in [0.1, 0.15) is 26.2 Å². The molecule has 2 heterocycles. The van der Waals surface area contributed by atoms with Gasteiger partial charge < -0.3 is 10.2 Å². The lowest BCUT2D eigenvalue weighted by molar-refractivity contribution is 0.415. The maximum atomic E-state index is 11.9. The quantitative estimate of drug-likeness (QED) is 0.910. The molecule has 2 rings (SSSR count). The van der Waals surface area contributed by atoms with Gasteiger partial charge in [0.2, 0.25) is 0 Å². The van der Waals surface area contributed by atoms with Crippen LogP contribution in [-0.2, 0) is 7.05 Å². The Morgan fingerprint density at radius 2 is 2.16 bits per heavy atom. The van der Waals surface area contributed by atoms with E-state index in [1.807, 2.05) is 0 Å². The van der Waals surface area contributed by atoms with Gasteiger partial charge >= 0.3 is 0 Å². The standard InChI is InChI=1S/C13H21BrN4O/c1-3-6-15-10-4-7-18(8-5-10)11-9-16-17(2)13(19)12(11)14/h9-10,15H,3-8H2,1-2H3. The van der Waals surface area contributed by atoms with E-state index >= 15 is 0 Å². The van der Waals surface area contributed by atoms with Gasteiger partial charge in [-0.2, -0.15) is 5.10 Å². The topological polar surface area (TPSA) is 50.2 Å². The van der Waals surface area contributed by atoms with Crippen molar-refractivity contribution in [1.82, 2.24) is 15.1 Å². The maximum absolute atomic E-state index is 11.9. The molecule has 1 N–H and O–H groups in total. The van der Waals surface area contributed by atoms with Gasteiger partial charge in [0.15, 0.2) is 0 Å². The van der Waals surface area contributed by atoms with E-state index < -0.39 is 0 Å². The highest BCUT2D eigenvalue weighted by molar-refractivity contribution is 9.10. The molecule has 0 unspecified atom stereocenters. The van der Waals surface area contributed by atoms with Crippen molar-refractivity contribution in [2.24, 2.45) is 7.05 Å². The summed E-state index contributed by atoms with van der Waals surface area (Å²) >= 11 is 3.39. The van der Waals surface area contributed by atoms with E-state index in [0.29, 0.717) is 10.5 Å². The third-order valence-corrected chi connectivity index (χ3v) is 4.32. The van der Waals surface area contributed by atoms with Gasteiger partial charge in [0.25, 0.3) is 5.56 Å². The normalized spacial score (nSPS) is 16.9. The van der Waals surface area contributed by atoms with Crippen molar-refractivity contribution < 1.29 is 0 Å². The molecule has 0 atom stereocenters. The summed E-state index contributed by atoms with van der Waals surface area (Å²) in [6.07, 6.45) is 5.17. The average Bonchev–Trinajstić information content (AvgIpc) is 2.44. The van der Waals surface area contributed by atoms with E-state index in [9.17, 15) is 4.79 Å². The van der Waals surface area contributed by atoms with Crippen LogP contribution in [0, 0.1) is 0 Å². The van der Waals surface area contributed by atoms with Gasteiger partial charge in [0.1, 0.15) is 4.47 Å². The Kier molecular flexibility index (Phi) is 4.99. The van der Waals surface area contributed by atoms with E-state index in [2.05, 4.69) is 38.2 Å². The van der Waals surface area contributed by atoms with Crippen molar-refractivity contribution in [1.29, 1.82) is 0 Å². The number of nitrogens with one attached hydrogen (secondary N) is 1. The lowest BCUT2D eigenvalue weighted by Gasteiger charge is -2.34. The smallest absolute Gasteiger partial charge is 0.282 e. The van der Waals surface area contributed by atoms with Crippen LogP contribution in [0.25, 0.3) is 0 Å². The first kappa shape index (κ1) is 14.5. The first-order valence-electron chi connectivity index (χ1n) is 6.83. The Bertz CT molecular complexity index is 480. The molecule has 1 aliphatic heterocycles. The molecule has 0 amide bonds. The second kappa shape index (κ2) is 6.52. The summed E-state index contributed by atoms with van der Waals surface area (Å²) in [6.45, 7) is 5.20. The fourth-order valence-electron chi connectivity index (χ4n) is 2.40. The van der Waals surface area contributed by atoms with E-state index in [0.717, 1.165) is 38.2 Å². The Morgan fingerprint density at radius 1 is 1.47 bits per heavy atom. The largest absolute Gasteiger partial charge is 0.369 e. The van der Waals surface area contributed by atoms with Gasteiger partial charge in [-0.3, -0.25) is 4.79 Å². The van der Waals surface area contributed by atoms with E-state index in [-0.39, 0.29) is 5.56 Å². The first-order valence-corrected chi connectivity index (χ1v) is 7.63. The minimum absolute atomic E-state index is 0.0799. The van der Waals surface area contributed by atoms with Gasteiger partial charge in [-0.25, -0.2) is 4.68 Å². The number of aryl methyl sites for hydroxylation is 1. The van der Waals surface area contributed by atoms with Gasteiger partial charge in [-0.15, -0.1) is 0 Å². The molecule has 0 radical (unpaired) electrons.